The second-order valence-corrected chi connectivity index (χ2v) is 7.13. The van der Waals surface area contributed by atoms with Gasteiger partial charge in [0.2, 0.25) is 13.6 Å². The first kappa shape index (κ1) is 21.9. The number of hydrogen-bond acceptors (Lipinski definition) is 8. The van der Waals surface area contributed by atoms with Gasteiger partial charge in [0.1, 0.15) is 0 Å². The molecule has 138 valence electrons. The molecule has 0 aliphatic rings. The van der Waals surface area contributed by atoms with Gasteiger partial charge in [-0.1, -0.05) is 0 Å². The molecule has 0 N–H and O–H groups in total. The first-order valence-corrected chi connectivity index (χ1v) is 7.49. The molecule has 0 atom stereocenters. The molecule has 0 unspecified atom stereocenters. The fraction of sp³-hybridized carbons (Fsp3) is 0.750. The molecular formula is C16H26O8. The zero-order chi connectivity index (χ0) is 19.0. The summed E-state index contributed by atoms with van der Waals surface area (Å²) >= 11 is 0. The highest BCUT2D eigenvalue weighted by Crippen LogP contribution is 2.15. The number of hydrogen-bond donors (Lipinski definition) is 0. The highest BCUT2D eigenvalue weighted by molar-refractivity contribution is 5.78. The van der Waals surface area contributed by atoms with E-state index >= 15 is 0 Å². The van der Waals surface area contributed by atoms with E-state index < -0.39 is 48.3 Å². The Morgan fingerprint density at radius 1 is 0.583 bits per heavy atom. The molecule has 0 saturated heterocycles. The summed E-state index contributed by atoms with van der Waals surface area (Å²) in [6.07, 6.45) is -0.474. The van der Waals surface area contributed by atoms with Crippen molar-refractivity contribution < 1.29 is 38.1 Å². The molecule has 0 bridgehead atoms. The number of esters is 4. The van der Waals surface area contributed by atoms with E-state index in [1.165, 1.54) is 0 Å². The fourth-order valence-electron chi connectivity index (χ4n) is 1.08. The maximum Gasteiger partial charge on any atom is 0.314 e. The van der Waals surface area contributed by atoms with Crippen molar-refractivity contribution in [3.05, 3.63) is 0 Å². The van der Waals surface area contributed by atoms with Crippen LogP contribution in [0.3, 0.4) is 0 Å². The van der Waals surface area contributed by atoms with E-state index in [-0.39, 0.29) is 12.8 Å². The van der Waals surface area contributed by atoms with Crippen molar-refractivity contribution in [1.29, 1.82) is 0 Å². The normalized spacial score (nSPS) is 11.4. The van der Waals surface area contributed by atoms with Crippen LogP contribution in [0.15, 0.2) is 0 Å². The molecule has 0 saturated carbocycles. The predicted octanol–water partition coefficient (Wildman–Crippen LogP) is 1.95. The van der Waals surface area contributed by atoms with Crippen LogP contribution >= 0.6 is 0 Å². The molecule has 0 aromatic rings. The second-order valence-electron chi connectivity index (χ2n) is 7.13. The van der Waals surface area contributed by atoms with Gasteiger partial charge in [0.25, 0.3) is 0 Å². The molecule has 0 radical (unpaired) electrons. The Kier molecular flexibility index (Phi) is 8.43. The SMILES string of the molecule is CC(C)(C)C(=O)OCOC(=O)CCC(=O)OCOC(=O)C(C)(C)C. The van der Waals surface area contributed by atoms with Gasteiger partial charge in [-0.3, -0.25) is 19.2 Å². The van der Waals surface area contributed by atoms with Crippen LogP contribution in [-0.2, 0) is 38.1 Å². The first-order valence-electron chi connectivity index (χ1n) is 7.49. The number of ether oxygens (including phenoxy) is 4. The van der Waals surface area contributed by atoms with Crippen LogP contribution in [0.1, 0.15) is 54.4 Å². The van der Waals surface area contributed by atoms with E-state index in [2.05, 4.69) is 9.47 Å². The lowest BCUT2D eigenvalue weighted by Gasteiger charge is -2.16. The van der Waals surface area contributed by atoms with Gasteiger partial charge in [-0.2, -0.15) is 0 Å². The third kappa shape index (κ3) is 9.81. The number of carbonyl (C=O) groups is 4. The zero-order valence-electron chi connectivity index (χ0n) is 15.1. The standard InChI is InChI=1S/C16H26O8/c1-15(2,3)13(19)23-9-21-11(17)7-8-12(18)22-10-24-14(20)16(4,5)6/h7-10H2,1-6H3. The minimum atomic E-state index is -0.708. The van der Waals surface area contributed by atoms with Gasteiger partial charge in [-0.05, 0) is 41.5 Å². The molecule has 0 aliphatic heterocycles. The molecule has 24 heavy (non-hydrogen) atoms. The molecule has 0 spiro atoms. The molecule has 8 nitrogen and oxygen atoms in total. The van der Waals surface area contributed by atoms with Crippen LogP contribution in [0.4, 0.5) is 0 Å². The molecule has 0 amide bonds. The number of rotatable bonds is 7. The molecule has 8 heteroatoms. The minimum Gasteiger partial charge on any atom is -0.428 e. The molecular weight excluding hydrogens is 320 g/mol. The van der Waals surface area contributed by atoms with Gasteiger partial charge in [-0.25, -0.2) is 0 Å². The lowest BCUT2D eigenvalue weighted by atomic mass is 9.97. The lowest BCUT2D eigenvalue weighted by molar-refractivity contribution is -0.177. The fourth-order valence-corrected chi connectivity index (χ4v) is 1.08. The monoisotopic (exact) mass is 346 g/mol. The largest absolute Gasteiger partial charge is 0.428 e. The maximum atomic E-state index is 11.4. The highest BCUT2D eigenvalue weighted by atomic mass is 16.7. The minimum absolute atomic E-state index is 0.237. The van der Waals surface area contributed by atoms with E-state index in [0.717, 1.165) is 0 Å². The van der Waals surface area contributed by atoms with Crippen molar-refractivity contribution >= 4 is 23.9 Å². The van der Waals surface area contributed by atoms with E-state index in [1.807, 2.05) is 0 Å². The summed E-state index contributed by atoms with van der Waals surface area (Å²) in [6, 6.07) is 0. The third-order valence-corrected chi connectivity index (χ3v) is 2.58. The Morgan fingerprint density at radius 2 is 0.875 bits per heavy atom. The van der Waals surface area contributed by atoms with Gasteiger partial charge < -0.3 is 18.9 Å². The van der Waals surface area contributed by atoms with Crippen molar-refractivity contribution in [2.75, 3.05) is 13.6 Å². The van der Waals surface area contributed by atoms with Crippen LogP contribution in [0, 0.1) is 10.8 Å². The molecule has 0 aromatic heterocycles. The highest BCUT2D eigenvalue weighted by Gasteiger charge is 2.24. The second kappa shape index (κ2) is 9.24. The van der Waals surface area contributed by atoms with E-state index in [9.17, 15) is 19.2 Å². The van der Waals surface area contributed by atoms with Crippen molar-refractivity contribution in [2.24, 2.45) is 10.8 Å². The van der Waals surface area contributed by atoms with Crippen molar-refractivity contribution in [3.8, 4) is 0 Å². The van der Waals surface area contributed by atoms with Crippen LogP contribution in [-0.4, -0.2) is 37.5 Å². The van der Waals surface area contributed by atoms with Crippen molar-refractivity contribution in [2.45, 2.75) is 54.4 Å². The molecule has 0 heterocycles. The quantitative estimate of drug-likeness (QED) is 0.509. The Labute approximate surface area is 141 Å². The van der Waals surface area contributed by atoms with E-state index in [0.29, 0.717) is 0 Å². The summed E-state index contributed by atoms with van der Waals surface area (Å²) in [4.78, 5) is 45.6. The molecule has 0 rings (SSSR count). The van der Waals surface area contributed by atoms with Gasteiger partial charge in [0.05, 0.1) is 23.7 Å². The summed E-state index contributed by atoms with van der Waals surface area (Å²) in [6.45, 7) is 8.98. The molecule has 0 aliphatic carbocycles. The van der Waals surface area contributed by atoms with Gasteiger partial charge in [-0.15, -0.1) is 0 Å². The Bertz CT molecular complexity index is 423. The molecule has 0 aromatic carbocycles. The van der Waals surface area contributed by atoms with Crippen molar-refractivity contribution in [1.82, 2.24) is 0 Å². The summed E-state index contributed by atoms with van der Waals surface area (Å²) in [5.41, 5.74) is -1.39. The van der Waals surface area contributed by atoms with Crippen LogP contribution in [0.5, 0.6) is 0 Å². The summed E-state index contributed by atoms with van der Waals surface area (Å²) < 4.78 is 18.8. The predicted molar refractivity (Wildman–Crippen MR) is 82.2 cm³/mol. The van der Waals surface area contributed by atoms with Crippen LogP contribution in [0.25, 0.3) is 0 Å². The Balaban J connectivity index is 3.85. The third-order valence-electron chi connectivity index (χ3n) is 2.58. The summed E-state index contributed by atoms with van der Waals surface area (Å²) in [5, 5.41) is 0. The topological polar surface area (TPSA) is 105 Å². The maximum absolute atomic E-state index is 11.4. The summed E-state index contributed by atoms with van der Waals surface area (Å²) in [7, 11) is 0. The van der Waals surface area contributed by atoms with E-state index in [4.69, 9.17) is 9.47 Å². The number of carbonyl (C=O) groups excluding carboxylic acids is 4. The van der Waals surface area contributed by atoms with Gasteiger partial charge >= 0.3 is 23.9 Å². The van der Waals surface area contributed by atoms with Gasteiger partial charge in [0.15, 0.2) is 0 Å². The Morgan fingerprint density at radius 3 is 1.12 bits per heavy atom. The lowest BCUT2D eigenvalue weighted by Crippen LogP contribution is -2.25. The van der Waals surface area contributed by atoms with Crippen molar-refractivity contribution in [3.63, 3.8) is 0 Å². The van der Waals surface area contributed by atoms with E-state index in [1.54, 1.807) is 41.5 Å². The zero-order valence-corrected chi connectivity index (χ0v) is 15.1. The van der Waals surface area contributed by atoms with Crippen LogP contribution < -0.4 is 0 Å². The Hall–Kier alpha value is -2.12. The molecule has 0 fully saturated rings. The summed E-state index contributed by atoms with van der Waals surface area (Å²) in [5.74, 6) is -2.42. The average molecular weight is 346 g/mol. The smallest absolute Gasteiger partial charge is 0.314 e. The first-order chi connectivity index (χ1) is 10.8. The van der Waals surface area contributed by atoms with Crippen LogP contribution in [0.2, 0.25) is 0 Å². The van der Waals surface area contributed by atoms with Gasteiger partial charge in [0, 0.05) is 0 Å². The average Bonchev–Trinajstić information content (AvgIpc) is 2.42.